The lowest BCUT2D eigenvalue weighted by molar-refractivity contribution is 0.0622. The Labute approximate surface area is 88.2 Å². The lowest BCUT2D eigenvalue weighted by atomic mass is 10.1. The predicted molar refractivity (Wildman–Crippen MR) is 59.2 cm³/mol. The molecule has 0 aliphatic carbocycles. The molecule has 13 heavy (non-hydrogen) atoms. The van der Waals surface area contributed by atoms with E-state index < -0.39 is 0 Å². The van der Waals surface area contributed by atoms with Crippen molar-refractivity contribution in [3.8, 4) is 0 Å². The largest absolute Gasteiger partial charge is 0.373 e. The summed E-state index contributed by atoms with van der Waals surface area (Å²) in [4.78, 5) is 0. The van der Waals surface area contributed by atoms with Gasteiger partial charge >= 0.3 is 0 Å². The molecule has 1 aromatic carbocycles. The molecule has 1 nitrogen and oxygen atoms in total. The number of halogens is 1. The van der Waals surface area contributed by atoms with Crippen molar-refractivity contribution in [1.82, 2.24) is 0 Å². The third kappa shape index (κ3) is 3.49. The summed E-state index contributed by atoms with van der Waals surface area (Å²) in [5.41, 5.74) is 1.27. The minimum absolute atomic E-state index is 0.249. The molecule has 0 saturated carbocycles. The molecule has 0 fully saturated rings. The molecule has 0 aliphatic rings. The maximum Gasteiger partial charge on any atom is 0.0822 e. The molecule has 0 unspecified atom stereocenters. The van der Waals surface area contributed by atoms with Gasteiger partial charge in [0.1, 0.15) is 0 Å². The standard InChI is InChI=1S/C11H15BrO/c1-2-11(13-9-8-12)10-6-4-3-5-7-10/h3-7,11H,2,8-9H2,1H3/t11-/m0/s1. The van der Waals surface area contributed by atoms with Crippen LogP contribution in [-0.4, -0.2) is 11.9 Å². The fourth-order valence-electron chi connectivity index (χ4n) is 1.30. The number of ether oxygens (including phenoxy) is 1. The SMILES string of the molecule is CC[C@H](OCCBr)c1ccccc1. The van der Waals surface area contributed by atoms with Gasteiger partial charge < -0.3 is 4.74 Å². The normalized spacial score (nSPS) is 12.8. The first-order chi connectivity index (χ1) is 6.38. The van der Waals surface area contributed by atoms with Crippen molar-refractivity contribution in [3.63, 3.8) is 0 Å². The van der Waals surface area contributed by atoms with Gasteiger partial charge in [-0.2, -0.15) is 0 Å². The second kappa shape index (κ2) is 6.17. The summed E-state index contributed by atoms with van der Waals surface area (Å²) in [6.07, 6.45) is 1.27. The van der Waals surface area contributed by atoms with Gasteiger partial charge in [0, 0.05) is 5.33 Å². The zero-order chi connectivity index (χ0) is 9.52. The summed E-state index contributed by atoms with van der Waals surface area (Å²) in [6, 6.07) is 10.4. The summed E-state index contributed by atoms with van der Waals surface area (Å²) in [7, 11) is 0. The van der Waals surface area contributed by atoms with Crippen LogP contribution in [0, 0.1) is 0 Å². The number of benzene rings is 1. The molecular formula is C11H15BrO. The van der Waals surface area contributed by atoms with E-state index in [0.29, 0.717) is 0 Å². The van der Waals surface area contributed by atoms with Gasteiger partial charge in [-0.15, -0.1) is 0 Å². The van der Waals surface area contributed by atoms with E-state index in [1.54, 1.807) is 0 Å². The molecule has 1 atom stereocenters. The van der Waals surface area contributed by atoms with Crippen molar-refractivity contribution in [2.75, 3.05) is 11.9 Å². The van der Waals surface area contributed by atoms with Crippen molar-refractivity contribution in [2.24, 2.45) is 0 Å². The van der Waals surface area contributed by atoms with E-state index >= 15 is 0 Å². The first-order valence-electron chi connectivity index (χ1n) is 4.61. The first kappa shape index (κ1) is 10.7. The maximum atomic E-state index is 5.68. The second-order valence-electron chi connectivity index (χ2n) is 2.87. The Hall–Kier alpha value is -0.340. The molecular weight excluding hydrogens is 228 g/mol. The smallest absolute Gasteiger partial charge is 0.0822 e. The van der Waals surface area contributed by atoms with E-state index in [0.717, 1.165) is 18.4 Å². The number of hydrogen-bond donors (Lipinski definition) is 0. The van der Waals surface area contributed by atoms with E-state index in [2.05, 4.69) is 47.1 Å². The molecule has 1 rings (SSSR count). The van der Waals surface area contributed by atoms with E-state index in [1.807, 2.05) is 6.07 Å². The van der Waals surface area contributed by atoms with Crippen LogP contribution in [-0.2, 0) is 4.74 Å². The van der Waals surface area contributed by atoms with Crippen LogP contribution in [0.1, 0.15) is 25.0 Å². The Morgan fingerprint density at radius 1 is 1.31 bits per heavy atom. The highest BCUT2D eigenvalue weighted by atomic mass is 79.9. The second-order valence-corrected chi connectivity index (χ2v) is 3.66. The lowest BCUT2D eigenvalue weighted by Crippen LogP contribution is -2.04. The highest BCUT2D eigenvalue weighted by molar-refractivity contribution is 9.09. The molecule has 2 heteroatoms. The molecule has 0 aromatic heterocycles. The van der Waals surface area contributed by atoms with E-state index in [-0.39, 0.29) is 6.10 Å². The van der Waals surface area contributed by atoms with Crippen LogP contribution in [0.2, 0.25) is 0 Å². The summed E-state index contributed by atoms with van der Waals surface area (Å²) in [5.74, 6) is 0. The Kier molecular flexibility index (Phi) is 5.09. The van der Waals surface area contributed by atoms with Crippen LogP contribution < -0.4 is 0 Å². The first-order valence-corrected chi connectivity index (χ1v) is 5.73. The minimum Gasteiger partial charge on any atom is -0.373 e. The maximum absolute atomic E-state index is 5.68. The van der Waals surface area contributed by atoms with Gasteiger partial charge in [-0.25, -0.2) is 0 Å². The molecule has 0 spiro atoms. The third-order valence-corrected chi connectivity index (χ3v) is 2.26. The van der Waals surface area contributed by atoms with Crippen molar-refractivity contribution >= 4 is 15.9 Å². The van der Waals surface area contributed by atoms with Crippen LogP contribution >= 0.6 is 15.9 Å². The molecule has 0 aliphatic heterocycles. The van der Waals surface area contributed by atoms with Crippen molar-refractivity contribution in [3.05, 3.63) is 35.9 Å². The van der Waals surface area contributed by atoms with E-state index in [1.165, 1.54) is 5.56 Å². The summed E-state index contributed by atoms with van der Waals surface area (Å²) in [6.45, 7) is 2.92. The van der Waals surface area contributed by atoms with E-state index in [4.69, 9.17) is 4.74 Å². The highest BCUT2D eigenvalue weighted by Gasteiger charge is 2.07. The van der Waals surface area contributed by atoms with Crippen LogP contribution in [0.5, 0.6) is 0 Å². The molecule has 0 radical (unpaired) electrons. The third-order valence-electron chi connectivity index (χ3n) is 1.94. The average Bonchev–Trinajstić information content (AvgIpc) is 2.21. The Morgan fingerprint density at radius 2 is 2.00 bits per heavy atom. The molecule has 0 bridgehead atoms. The minimum atomic E-state index is 0.249. The number of rotatable bonds is 5. The summed E-state index contributed by atoms with van der Waals surface area (Å²) in [5, 5.41) is 0.899. The van der Waals surface area contributed by atoms with Crippen LogP contribution in [0.25, 0.3) is 0 Å². The molecule has 0 N–H and O–H groups in total. The number of alkyl halides is 1. The van der Waals surface area contributed by atoms with Gasteiger partial charge in [0.15, 0.2) is 0 Å². The molecule has 0 heterocycles. The average molecular weight is 243 g/mol. The van der Waals surface area contributed by atoms with Crippen molar-refractivity contribution in [1.29, 1.82) is 0 Å². The Morgan fingerprint density at radius 3 is 2.54 bits per heavy atom. The monoisotopic (exact) mass is 242 g/mol. The molecule has 0 saturated heterocycles. The van der Waals surface area contributed by atoms with Gasteiger partial charge in [0.2, 0.25) is 0 Å². The van der Waals surface area contributed by atoms with Crippen LogP contribution in [0.15, 0.2) is 30.3 Å². The molecule has 72 valence electrons. The van der Waals surface area contributed by atoms with Gasteiger partial charge in [0.05, 0.1) is 12.7 Å². The lowest BCUT2D eigenvalue weighted by Gasteiger charge is -2.15. The topological polar surface area (TPSA) is 9.23 Å². The zero-order valence-electron chi connectivity index (χ0n) is 7.87. The van der Waals surface area contributed by atoms with Crippen molar-refractivity contribution < 1.29 is 4.74 Å². The van der Waals surface area contributed by atoms with Gasteiger partial charge in [-0.05, 0) is 12.0 Å². The summed E-state index contributed by atoms with van der Waals surface area (Å²) < 4.78 is 5.68. The Balaban J connectivity index is 2.56. The van der Waals surface area contributed by atoms with E-state index in [9.17, 15) is 0 Å². The fraction of sp³-hybridized carbons (Fsp3) is 0.455. The summed E-state index contributed by atoms with van der Waals surface area (Å²) >= 11 is 3.35. The molecule has 0 amide bonds. The number of hydrogen-bond acceptors (Lipinski definition) is 1. The van der Waals surface area contributed by atoms with Crippen LogP contribution in [0.4, 0.5) is 0 Å². The predicted octanol–water partition coefficient (Wildman–Crippen LogP) is 3.55. The quantitative estimate of drug-likeness (QED) is 0.718. The Bertz CT molecular complexity index is 223. The van der Waals surface area contributed by atoms with Gasteiger partial charge in [-0.3, -0.25) is 0 Å². The van der Waals surface area contributed by atoms with Crippen molar-refractivity contribution in [2.45, 2.75) is 19.4 Å². The highest BCUT2D eigenvalue weighted by Crippen LogP contribution is 2.20. The van der Waals surface area contributed by atoms with Gasteiger partial charge in [0.25, 0.3) is 0 Å². The van der Waals surface area contributed by atoms with Gasteiger partial charge in [-0.1, -0.05) is 53.2 Å². The molecule has 1 aromatic rings. The fourth-order valence-corrected chi connectivity index (χ4v) is 1.49. The van der Waals surface area contributed by atoms with Crippen LogP contribution in [0.3, 0.4) is 0 Å². The zero-order valence-corrected chi connectivity index (χ0v) is 9.46.